The van der Waals surface area contributed by atoms with Gasteiger partial charge in [-0.25, -0.2) is 0 Å². The Morgan fingerprint density at radius 2 is 1.72 bits per heavy atom. The van der Waals surface area contributed by atoms with E-state index >= 15 is 0 Å². The lowest BCUT2D eigenvalue weighted by atomic mass is 10.1. The number of benzene rings is 1. The highest BCUT2D eigenvalue weighted by Gasteiger charge is 2.37. The summed E-state index contributed by atoms with van der Waals surface area (Å²) in [5, 5.41) is 12.4. The Bertz CT molecular complexity index is 529. The fourth-order valence-electron chi connectivity index (χ4n) is 2.74. The Labute approximate surface area is 150 Å². The number of aromatic hydroxyl groups is 1. The molecular formula is C19H31NO5. The van der Waals surface area contributed by atoms with Gasteiger partial charge in [0.2, 0.25) is 5.91 Å². The van der Waals surface area contributed by atoms with Crippen molar-refractivity contribution in [1.82, 2.24) is 5.32 Å². The SMILES string of the molecule is CCCCCCCCC(=O)NC(OC)(OC)c1ccc(O)cc1OC. The average Bonchev–Trinajstić information content (AvgIpc) is 2.62. The smallest absolute Gasteiger partial charge is 0.283 e. The molecule has 0 aliphatic carbocycles. The summed E-state index contributed by atoms with van der Waals surface area (Å²) < 4.78 is 16.2. The van der Waals surface area contributed by atoms with E-state index in [9.17, 15) is 9.90 Å². The zero-order chi connectivity index (χ0) is 18.7. The molecule has 0 fully saturated rings. The largest absolute Gasteiger partial charge is 0.508 e. The Morgan fingerprint density at radius 3 is 2.32 bits per heavy atom. The molecule has 6 heteroatoms. The zero-order valence-corrected chi connectivity index (χ0v) is 15.8. The number of unbranched alkanes of at least 4 members (excludes halogenated alkanes) is 5. The minimum Gasteiger partial charge on any atom is -0.508 e. The molecule has 0 aliphatic heterocycles. The number of amides is 1. The van der Waals surface area contributed by atoms with E-state index in [-0.39, 0.29) is 11.7 Å². The first-order chi connectivity index (χ1) is 12.0. The van der Waals surface area contributed by atoms with Crippen LogP contribution >= 0.6 is 0 Å². The standard InChI is InChI=1S/C19H31NO5/c1-5-6-7-8-9-10-11-18(22)20-19(24-3,25-4)16-13-12-15(21)14-17(16)23-2/h12-14,21H,5-11H2,1-4H3,(H,20,22). The maximum absolute atomic E-state index is 12.3. The number of phenols is 1. The molecule has 0 unspecified atom stereocenters. The van der Waals surface area contributed by atoms with Crippen LogP contribution in [0.15, 0.2) is 18.2 Å². The number of hydrogen-bond donors (Lipinski definition) is 2. The molecule has 1 rings (SSSR count). The molecule has 0 heterocycles. The molecule has 0 saturated heterocycles. The lowest BCUT2D eigenvalue weighted by molar-refractivity contribution is -0.236. The van der Waals surface area contributed by atoms with Crippen LogP contribution in [-0.4, -0.2) is 32.3 Å². The highest BCUT2D eigenvalue weighted by molar-refractivity contribution is 5.76. The summed E-state index contributed by atoms with van der Waals surface area (Å²) in [5.74, 6) is -1.20. The molecule has 0 spiro atoms. The molecule has 0 aliphatic rings. The van der Waals surface area contributed by atoms with Crippen molar-refractivity contribution in [3.63, 3.8) is 0 Å². The van der Waals surface area contributed by atoms with Gasteiger partial charge in [-0.05, 0) is 18.6 Å². The van der Waals surface area contributed by atoms with Gasteiger partial charge in [-0.3, -0.25) is 4.79 Å². The first-order valence-electron chi connectivity index (χ1n) is 8.81. The fraction of sp³-hybridized carbons (Fsp3) is 0.632. The van der Waals surface area contributed by atoms with E-state index in [1.165, 1.54) is 52.7 Å². The maximum atomic E-state index is 12.3. The summed E-state index contributed by atoms with van der Waals surface area (Å²) in [6.45, 7) is 2.18. The van der Waals surface area contributed by atoms with Gasteiger partial charge in [-0.15, -0.1) is 0 Å². The second-order valence-electron chi connectivity index (χ2n) is 5.98. The van der Waals surface area contributed by atoms with Gasteiger partial charge in [0.05, 0.1) is 12.7 Å². The van der Waals surface area contributed by atoms with Gasteiger partial charge in [0, 0.05) is 26.7 Å². The molecule has 0 atom stereocenters. The summed E-state index contributed by atoms with van der Waals surface area (Å²) in [7, 11) is 4.37. The lowest BCUT2D eigenvalue weighted by Gasteiger charge is -2.32. The van der Waals surface area contributed by atoms with Gasteiger partial charge in [-0.2, -0.15) is 0 Å². The predicted octanol–water partition coefficient (Wildman–Crippen LogP) is 3.67. The Balaban J connectivity index is 2.74. The molecule has 0 bridgehead atoms. The molecule has 142 valence electrons. The molecule has 6 nitrogen and oxygen atoms in total. The molecule has 2 N–H and O–H groups in total. The molecule has 25 heavy (non-hydrogen) atoms. The highest BCUT2D eigenvalue weighted by atomic mass is 16.7. The van der Waals surface area contributed by atoms with Crippen molar-refractivity contribution in [2.75, 3.05) is 21.3 Å². The summed E-state index contributed by atoms with van der Waals surface area (Å²) in [5.41, 5.74) is 0.481. The van der Waals surface area contributed by atoms with Crippen LogP contribution in [0.1, 0.15) is 57.4 Å². The Morgan fingerprint density at radius 1 is 1.08 bits per heavy atom. The van der Waals surface area contributed by atoms with Gasteiger partial charge < -0.3 is 24.6 Å². The fourth-order valence-corrected chi connectivity index (χ4v) is 2.74. The third-order valence-electron chi connectivity index (χ3n) is 4.18. The van der Waals surface area contributed by atoms with Gasteiger partial charge >= 0.3 is 0 Å². The van der Waals surface area contributed by atoms with Crippen LogP contribution in [0.4, 0.5) is 0 Å². The molecular weight excluding hydrogens is 322 g/mol. The number of carbonyl (C=O) groups is 1. The van der Waals surface area contributed by atoms with Crippen molar-refractivity contribution < 1.29 is 24.1 Å². The van der Waals surface area contributed by atoms with E-state index in [4.69, 9.17) is 14.2 Å². The Kier molecular flexibility index (Phi) is 9.31. The van der Waals surface area contributed by atoms with Crippen LogP contribution in [0.3, 0.4) is 0 Å². The number of ether oxygens (including phenoxy) is 3. The molecule has 0 radical (unpaired) electrons. The summed E-state index contributed by atoms with van der Waals surface area (Å²) in [6.07, 6.45) is 7.06. The number of phenolic OH excluding ortho intramolecular Hbond substituents is 1. The molecule has 1 amide bonds. The number of hydrogen-bond acceptors (Lipinski definition) is 5. The zero-order valence-electron chi connectivity index (χ0n) is 15.8. The van der Waals surface area contributed by atoms with E-state index in [2.05, 4.69) is 12.2 Å². The van der Waals surface area contributed by atoms with Gasteiger partial charge in [0.25, 0.3) is 5.91 Å². The second kappa shape index (κ2) is 10.9. The van der Waals surface area contributed by atoms with Gasteiger partial charge in [0.1, 0.15) is 11.5 Å². The van der Waals surface area contributed by atoms with Crippen molar-refractivity contribution in [2.45, 2.75) is 57.8 Å². The topological polar surface area (TPSA) is 77.0 Å². The first kappa shape index (κ1) is 21.3. The van der Waals surface area contributed by atoms with Crippen LogP contribution in [0.2, 0.25) is 0 Å². The number of methoxy groups -OCH3 is 3. The van der Waals surface area contributed by atoms with Crippen LogP contribution < -0.4 is 10.1 Å². The van der Waals surface area contributed by atoms with Crippen molar-refractivity contribution in [3.8, 4) is 11.5 Å². The van der Waals surface area contributed by atoms with Gasteiger partial charge in [0.15, 0.2) is 0 Å². The lowest BCUT2D eigenvalue weighted by Crippen LogP contribution is -2.49. The summed E-state index contributed by atoms with van der Waals surface area (Å²) in [6, 6.07) is 4.54. The first-order valence-corrected chi connectivity index (χ1v) is 8.81. The van der Waals surface area contributed by atoms with E-state index in [0.717, 1.165) is 19.3 Å². The second-order valence-corrected chi connectivity index (χ2v) is 5.98. The molecule has 0 aromatic heterocycles. The molecule has 1 aromatic rings. The Hall–Kier alpha value is -1.79. The van der Waals surface area contributed by atoms with Crippen LogP contribution in [0.25, 0.3) is 0 Å². The summed E-state index contributed by atoms with van der Waals surface area (Å²) >= 11 is 0. The minimum atomic E-state index is -1.46. The van der Waals surface area contributed by atoms with Crippen LogP contribution in [-0.2, 0) is 20.2 Å². The quantitative estimate of drug-likeness (QED) is 0.443. The number of carbonyl (C=O) groups excluding carboxylic acids is 1. The van der Waals surface area contributed by atoms with Crippen molar-refractivity contribution >= 4 is 5.91 Å². The van der Waals surface area contributed by atoms with E-state index in [0.29, 0.717) is 17.7 Å². The van der Waals surface area contributed by atoms with Crippen molar-refractivity contribution in [1.29, 1.82) is 0 Å². The normalized spacial score (nSPS) is 11.4. The molecule has 0 saturated carbocycles. The molecule has 1 aromatic carbocycles. The monoisotopic (exact) mass is 353 g/mol. The maximum Gasteiger partial charge on any atom is 0.283 e. The van der Waals surface area contributed by atoms with Gasteiger partial charge in [-0.1, -0.05) is 39.0 Å². The average molecular weight is 353 g/mol. The number of rotatable bonds is 12. The third kappa shape index (κ3) is 6.21. The highest BCUT2D eigenvalue weighted by Crippen LogP contribution is 2.34. The minimum absolute atomic E-state index is 0.0557. The van der Waals surface area contributed by atoms with E-state index in [1.807, 2.05) is 0 Å². The summed E-state index contributed by atoms with van der Waals surface area (Å²) in [4.78, 5) is 12.3. The van der Waals surface area contributed by atoms with Crippen LogP contribution in [0.5, 0.6) is 11.5 Å². The van der Waals surface area contributed by atoms with Crippen LogP contribution in [0, 0.1) is 0 Å². The van der Waals surface area contributed by atoms with Crippen molar-refractivity contribution in [3.05, 3.63) is 23.8 Å². The predicted molar refractivity (Wildman–Crippen MR) is 96.5 cm³/mol. The van der Waals surface area contributed by atoms with E-state index < -0.39 is 5.91 Å². The van der Waals surface area contributed by atoms with E-state index in [1.54, 1.807) is 6.07 Å². The third-order valence-corrected chi connectivity index (χ3v) is 4.18. The number of nitrogens with one attached hydrogen (secondary N) is 1. The van der Waals surface area contributed by atoms with Crippen molar-refractivity contribution in [2.24, 2.45) is 0 Å².